The molecule has 3 N–H and O–H groups in total. The number of carbonyl (C=O) groups excluding carboxylic acids is 1. The minimum atomic E-state index is -0.475. The molecule has 5 rings (SSSR count). The molecule has 0 bridgehead atoms. The third-order valence-corrected chi connectivity index (χ3v) is 6.04. The van der Waals surface area contributed by atoms with Gasteiger partial charge >= 0.3 is 0 Å². The van der Waals surface area contributed by atoms with E-state index in [2.05, 4.69) is 17.4 Å². The number of ether oxygens (including phenoxy) is 1. The van der Waals surface area contributed by atoms with Crippen LogP contribution in [-0.2, 0) is 19.4 Å². The Morgan fingerprint density at radius 3 is 2.70 bits per heavy atom. The summed E-state index contributed by atoms with van der Waals surface area (Å²) in [5, 5.41) is 4.27. The first-order valence-corrected chi connectivity index (χ1v) is 11.4. The van der Waals surface area contributed by atoms with Gasteiger partial charge in [-0.2, -0.15) is 4.98 Å². The number of aryl methyl sites for hydroxylation is 1. The summed E-state index contributed by atoms with van der Waals surface area (Å²) < 4.78 is 7.82. The van der Waals surface area contributed by atoms with Crippen LogP contribution < -0.4 is 15.8 Å². The summed E-state index contributed by atoms with van der Waals surface area (Å²) in [5.74, 6) is 1.50. The van der Waals surface area contributed by atoms with Gasteiger partial charge in [0.1, 0.15) is 5.82 Å². The lowest BCUT2D eigenvalue weighted by Crippen LogP contribution is -2.16. The van der Waals surface area contributed by atoms with Crippen LogP contribution in [0.2, 0.25) is 0 Å². The second-order valence-electron chi connectivity index (χ2n) is 8.20. The number of nitrogens with two attached hydrogens (primary N) is 1. The van der Waals surface area contributed by atoms with Crippen molar-refractivity contribution in [1.29, 1.82) is 0 Å². The standard InChI is InChI=1S/C26H27N5O2/c1-2-33-23-15-20-18(24(27)32)12-8-14-22(20)31(23)26-29-21-13-7-6-11-19(21)25(30-26)28-16-17-9-4-3-5-10-17/h3-5,8-10,12,14-15H,2,6-7,11,13,16H2,1H3,(H2,27,32)(H,28,29,30). The average Bonchev–Trinajstić information content (AvgIpc) is 3.21. The van der Waals surface area contributed by atoms with Crippen molar-refractivity contribution in [3.8, 4) is 11.8 Å². The van der Waals surface area contributed by atoms with E-state index in [-0.39, 0.29) is 0 Å². The molecule has 1 aliphatic rings. The zero-order valence-corrected chi connectivity index (χ0v) is 18.7. The first-order valence-electron chi connectivity index (χ1n) is 11.4. The van der Waals surface area contributed by atoms with Crippen molar-refractivity contribution in [3.05, 3.63) is 77.0 Å². The Bertz CT molecular complexity index is 1310. The molecule has 0 fully saturated rings. The summed E-state index contributed by atoms with van der Waals surface area (Å²) in [6, 6.07) is 17.6. The normalized spacial score (nSPS) is 13.0. The lowest BCUT2D eigenvalue weighted by Gasteiger charge is -2.21. The zero-order valence-electron chi connectivity index (χ0n) is 18.7. The van der Waals surface area contributed by atoms with Gasteiger partial charge in [-0.1, -0.05) is 36.4 Å². The van der Waals surface area contributed by atoms with E-state index in [0.717, 1.165) is 48.1 Å². The zero-order chi connectivity index (χ0) is 22.8. The number of benzene rings is 2. The Balaban J connectivity index is 1.65. The number of fused-ring (bicyclic) bond motifs is 2. The molecule has 0 saturated heterocycles. The Morgan fingerprint density at radius 2 is 1.91 bits per heavy atom. The molecule has 2 aromatic carbocycles. The second kappa shape index (κ2) is 8.94. The lowest BCUT2D eigenvalue weighted by molar-refractivity contribution is 0.100. The van der Waals surface area contributed by atoms with Crippen molar-refractivity contribution < 1.29 is 9.53 Å². The maximum atomic E-state index is 12.0. The Hall–Kier alpha value is -3.87. The maximum absolute atomic E-state index is 12.0. The van der Waals surface area contributed by atoms with Crippen LogP contribution in [0.3, 0.4) is 0 Å². The molecule has 7 nitrogen and oxygen atoms in total. The fraction of sp³-hybridized carbons (Fsp3) is 0.269. The largest absolute Gasteiger partial charge is 0.479 e. The van der Waals surface area contributed by atoms with E-state index in [0.29, 0.717) is 30.5 Å². The maximum Gasteiger partial charge on any atom is 0.249 e. The third-order valence-electron chi connectivity index (χ3n) is 6.04. The molecule has 2 aromatic heterocycles. The van der Waals surface area contributed by atoms with E-state index >= 15 is 0 Å². The molecule has 0 saturated carbocycles. The number of primary amides is 1. The molecule has 0 unspecified atom stereocenters. The summed E-state index contributed by atoms with van der Waals surface area (Å²) in [6.07, 6.45) is 4.12. The minimum Gasteiger partial charge on any atom is -0.479 e. The molecule has 168 valence electrons. The van der Waals surface area contributed by atoms with Gasteiger partial charge in [-0.05, 0) is 50.3 Å². The number of rotatable bonds is 7. The summed E-state index contributed by atoms with van der Waals surface area (Å²) in [6.45, 7) is 3.09. The Kier molecular flexibility index (Phi) is 5.69. The molecule has 7 heteroatoms. The Morgan fingerprint density at radius 1 is 1.09 bits per heavy atom. The first kappa shape index (κ1) is 21.0. The van der Waals surface area contributed by atoms with Crippen molar-refractivity contribution in [2.45, 2.75) is 39.2 Å². The number of anilines is 1. The Labute approximate surface area is 192 Å². The van der Waals surface area contributed by atoms with Gasteiger partial charge < -0.3 is 15.8 Å². The number of carbonyl (C=O) groups is 1. The number of hydrogen-bond donors (Lipinski definition) is 2. The van der Waals surface area contributed by atoms with Gasteiger partial charge in [-0.15, -0.1) is 0 Å². The predicted molar refractivity (Wildman–Crippen MR) is 129 cm³/mol. The summed E-state index contributed by atoms with van der Waals surface area (Å²) in [4.78, 5) is 21.9. The van der Waals surface area contributed by atoms with E-state index < -0.39 is 5.91 Å². The number of amides is 1. The number of nitrogens with zero attached hydrogens (tertiary/aromatic N) is 3. The summed E-state index contributed by atoms with van der Waals surface area (Å²) >= 11 is 0. The molecule has 1 amide bonds. The molecule has 0 spiro atoms. The van der Waals surface area contributed by atoms with Crippen molar-refractivity contribution >= 4 is 22.6 Å². The van der Waals surface area contributed by atoms with Gasteiger partial charge in [0.05, 0.1) is 17.8 Å². The van der Waals surface area contributed by atoms with Crippen molar-refractivity contribution in [1.82, 2.24) is 14.5 Å². The highest BCUT2D eigenvalue weighted by atomic mass is 16.5. The van der Waals surface area contributed by atoms with Crippen molar-refractivity contribution in [3.63, 3.8) is 0 Å². The van der Waals surface area contributed by atoms with E-state index in [9.17, 15) is 4.79 Å². The molecule has 4 aromatic rings. The van der Waals surface area contributed by atoms with Gasteiger partial charge in [-0.3, -0.25) is 4.79 Å². The molecule has 0 atom stereocenters. The molecular weight excluding hydrogens is 414 g/mol. The van der Waals surface area contributed by atoms with Gasteiger partial charge in [0.15, 0.2) is 0 Å². The van der Waals surface area contributed by atoms with Crippen LogP contribution >= 0.6 is 0 Å². The molecular formula is C26H27N5O2. The van der Waals surface area contributed by atoms with Crippen LogP contribution in [0.15, 0.2) is 54.6 Å². The van der Waals surface area contributed by atoms with Crippen LogP contribution in [0.25, 0.3) is 16.9 Å². The average molecular weight is 442 g/mol. The number of aromatic nitrogens is 3. The third kappa shape index (κ3) is 4.02. The van der Waals surface area contributed by atoms with Crippen molar-refractivity contribution in [2.75, 3.05) is 11.9 Å². The van der Waals surface area contributed by atoms with Gasteiger partial charge in [0, 0.05) is 29.1 Å². The van der Waals surface area contributed by atoms with Crippen molar-refractivity contribution in [2.24, 2.45) is 5.73 Å². The highest BCUT2D eigenvalue weighted by Gasteiger charge is 2.22. The number of hydrogen-bond acceptors (Lipinski definition) is 5. The fourth-order valence-electron chi connectivity index (χ4n) is 4.49. The van der Waals surface area contributed by atoms with Crippen LogP contribution in [0, 0.1) is 0 Å². The summed E-state index contributed by atoms with van der Waals surface area (Å²) in [7, 11) is 0. The van der Waals surface area contributed by atoms with E-state index in [4.69, 9.17) is 20.4 Å². The van der Waals surface area contributed by atoms with E-state index in [1.165, 1.54) is 11.1 Å². The van der Waals surface area contributed by atoms with Crippen LogP contribution in [0.5, 0.6) is 5.88 Å². The summed E-state index contributed by atoms with van der Waals surface area (Å²) in [5.41, 5.74) is 10.3. The second-order valence-corrected chi connectivity index (χ2v) is 8.20. The van der Waals surface area contributed by atoms with Gasteiger partial charge in [-0.25, -0.2) is 9.55 Å². The lowest BCUT2D eigenvalue weighted by atomic mass is 9.96. The molecule has 33 heavy (non-hydrogen) atoms. The van der Waals surface area contributed by atoms with Gasteiger partial charge in [0.2, 0.25) is 17.7 Å². The molecule has 0 aliphatic heterocycles. The van der Waals surface area contributed by atoms with E-state index in [1.54, 1.807) is 6.07 Å². The topological polar surface area (TPSA) is 95.1 Å². The molecule has 0 radical (unpaired) electrons. The molecule has 2 heterocycles. The fourth-order valence-corrected chi connectivity index (χ4v) is 4.49. The minimum absolute atomic E-state index is 0.451. The van der Waals surface area contributed by atoms with Crippen LogP contribution in [0.4, 0.5) is 5.82 Å². The monoisotopic (exact) mass is 441 g/mol. The van der Waals surface area contributed by atoms with Crippen LogP contribution in [0.1, 0.15) is 46.9 Å². The highest BCUT2D eigenvalue weighted by Crippen LogP contribution is 2.33. The quantitative estimate of drug-likeness (QED) is 0.443. The van der Waals surface area contributed by atoms with Crippen LogP contribution in [-0.4, -0.2) is 27.0 Å². The molecule has 1 aliphatic carbocycles. The smallest absolute Gasteiger partial charge is 0.249 e. The first-order chi connectivity index (χ1) is 16.2. The van der Waals surface area contributed by atoms with Gasteiger partial charge in [0.25, 0.3) is 0 Å². The predicted octanol–water partition coefficient (Wildman–Crippen LogP) is 4.41. The SMILES string of the molecule is CCOc1cc2c(C(N)=O)cccc2n1-c1nc2c(c(NCc3ccccc3)n1)CCCC2. The number of nitrogens with one attached hydrogen (secondary N) is 1. The van der Waals surface area contributed by atoms with E-state index in [1.807, 2.05) is 47.9 Å². The highest BCUT2D eigenvalue weighted by molar-refractivity contribution is 6.06.